The molecule has 2 saturated heterocycles. The molecule has 40 heavy (non-hydrogen) atoms. The number of imidazole rings is 1. The average Bonchev–Trinajstić information content (AvgIpc) is 3.38. The Balaban J connectivity index is 1.20. The van der Waals surface area contributed by atoms with Crippen LogP contribution in [-0.2, 0) is 4.74 Å². The molecule has 0 aliphatic carbocycles. The van der Waals surface area contributed by atoms with E-state index in [4.69, 9.17) is 15.5 Å². The van der Waals surface area contributed by atoms with Crippen LogP contribution in [0, 0.1) is 0 Å². The van der Waals surface area contributed by atoms with Crippen LogP contribution in [0.4, 0.5) is 23.4 Å². The van der Waals surface area contributed by atoms with Gasteiger partial charge in [-0.15, -0.1) is 0 Å². The molecule has 2 aliphatic heterocycles. The highest BCUT2D eigenvalue weighted by molar-refractivity contribution is 5.95. The summed E-state index contributed by atoms with van der Waals surface area (Å²) < 4.78 is 7.05. The van der Waals surface area contributed by atoms with Crippen molar-refractivity contribution < 1.29 is 14.3 Å². The topological polar surface area (TPSA) is 143 Å². The van der Waals surface area contributed by atoms with Gasteiger partial charge in [0, 0.05) is 49.0 Å². The first-order chi connectivity index (χ1) is 19.5. The van der Waals surface area contributed by atoms with Crippen molar-refractivity contribution in [3.05, 3.63) is 71.9 Å². The monoisotopic (exact) mass is 541 g/mol. The number of fused-ring (bicyclic) bond motifs is 1. The number of nitrogens with two attached hydrogens (primary N) is 1. The number of hydrogen-bond donors (Lipinski definition) is 3. The predicted octanol–water partition coefficient (Wildman–Crippen LogP) is 2.32. The molecule has 2 aliphatic rings. The first-order valence-corrected chi connectivity index (χ1v) is 13.4. The molecular weight excluding hydrogens is 510 g/mol. The molecule has 12 heteroatoms. The minimum Gasteiger partial charge on any atom is -0.382 e. The van der Waals surface area contributed by atoms with E-state index < -0.39 is 0 Å². The third-order valence-electron chi connectivity index (χ3n) is 7.10. The molecule has 4 heterocycles. The summed E-state index contributed by atoms with van der Waals surface area (Å²) in [5.41, 5.74) is 8.00. The lowest BCUT2D eigenvalue weighted by molar-refractivity contribution is 0.0303. The zero-order valence-corrected chi connectivity index (χ0v) is 22.0. The minimum absolute atomic E-state index is 0.0112. The fraction of sp³-hybridized carbons (Fsp3) is 0.321. The minimum atomic E-state index is -0.0947. The standard InChI is InChI=1S/C28H31N9O3/c29-23-18-37-27(31-21-10-8-20(9-11-21)25(39)35-13-15-40-16-14-35)33-26(34-28(37)32-23)36-12-4-7-22(17-36)30-24(38)19-5-2-1-3-6-19/h1-3,5-6,8-11,18,22H,4,7,12-17,29H2,(H,30,38)(H,31,32,33,34). The van der Waals surface area contributed by atoms with Crippen molar-refractivity contribution in [2.24, 2.45) is 0 Å². The maximum atomic E-state index is 12.8. The molecule has 4 N–H and O–H groups in total. The summed E-state index contributed by atoms with van der Waals surface area (Å²) in [6.07, 6.45) is 3.41. The van der Waals surface area contributed by atoms with Crippen LogP contribution in [0.25, 0.3) is 5.78 Å². The van der Waals surface area contributed by atoms with Crippen molar-refractivity contribution in [1.29, 1.82) is 0 Å². The van der Waals surface area contributed by atoms with Crippen LogP contribution >= 0.6 is 0 Å². The number of benzene rings is 2. The Labute approximate surface area is 231 Å². The van der Waals surface area contributed by atoms with Crippen LogP contribution < -0.4 is 21.3 Å². The normalized spacial score (nSPS) is 17.6. The summed E-state index contributed by atoms with van der Waals surface area (Å²) >= 11 is 0. The molecule has 2 fully saturated rings. The van der Waals surface area contributed by atoms with E-state index in [0.29, 0.717) is 67.5 Å². The molecule has 12 nitrogen and oxygen atoms in total. The molecule has 0 radical (unpaired) electrons. The van der Waals surface area contributed by atoms with Crippen LogP contribution in [0.3, 0.4) is 0 Å². The van der Waals surface area contributed by atoms with Crippen molar-refractivity contribution in [3.63, 3.8) is 0 Å². The van der Waals surface area contributed by atoms with Gasteiger partial charge in [0.2, 0.25) is 17.7 Å². The largest absolute Gasteiger partial charge is 0.382 e. The number of nitrogens with one attached hydrogen (secondary N) is 2. The second kappa shape index (κ2) is 11.2. The van der Waals surface area contributed by atoms with Crippen molar-refractivity contribution in [1.82, 2.24) is 29.6 Å². The highest BCUT2D eigenvalue weighted by Crippen LogP contribution is 2.23. The van der Waals surface area contributed by atoms with E-state index in [0.717, 1.165) is 25.1 Å². The lowest BCUT2D eigenvalue weighted by Gasteiger charge is -2.33. The Morgan fingerprint density at radius 1 is 0.925 bits per heavy atom. The van der Waals surface area contributed by atoms with Gasteiger partial charge in [-0.2, -0.15) is 15.0 Å². The molecule has 1 unspecified atom stereocenters. The number of amides is 2. The van der Waals surface area contributed by atoms with Crippen LogP contribution in [0.5, 0.6) is 0 Å². The van der Waals surface area contributed by atoms with E-state index in [1.165, 1.54) is 0 Å². The SMILES string of the molecule is Nc1cn2c(Nc3ccc(C(=O)N4CCOCC4)cc3)nc(N3CCCC(NC(=O)c4ccccc4)C3)nc2n1. The van der Waals surface area contributed by atoms with Gasteiger partial charge in [0.05, 0.1) is 19.4 Å². The average molecular weight is 542 g/mol. The number of ether oxygens (including phenoxy) is 1. The van der Waals surface area contributed by atoms with Gasteiger partial charge in [0.25, 0.3) is 11.8 Å². The Bertz CT molecular complexity index is 1500. The quantitative estimate of drug-likeness (QED) is 0.335. The smallest absolute Gasteiger partial charge is 0.254 e. The molecule has 2 aromatic heterocycles. The summed E-state index contributed by atoms with van der Waals surface area (Å²) in [5, 5.41) is 6.46. The van der Waals surface area contributed by atoms with Crippen molar-refractivity contribution in [2.45, 2.75) is 18.9 Å². The van der Waals surface area contributed by atoms with Crippen LogP contribution in [0.2, 0.25) is 0 Å². The number of piperidine rings is 1. The summed E-state index contributed by atoms with van der Waals surface area (Å²) in [5.74, 6) is 1.63. The van der Waals surface area contributed by atoms with Crippen molar-refractivity contribution in [2.75, 3.05) is 55.3 Å². The summed E-state index contributed by atoms with van der Waals surface area (Å²) in [6.45, 7) is 3.63. The maximum absolute atomic E-state index is 12.8. The number of carbonyl (C=O) groups excluding carboxylic acids is 2. The number of morpholine rings is 1. The van der Waals surface area contributed by atoms with Gasteiger partial charge in [-0.1, -0.05) is 18.2 Å². The predicted molar refractivity (Wildman–Crippen MR) is 151 cm³/mol. The second-order valence-corrected chi connectivity index (χ2v) is 9.91. The van der Waals surface area contributed by atoms with Gasteiger partial charge >= 0.3 is 0 Å². The summed E-state index contributed by atoms with van der Waals surface area (Å²) in [6, 6.07) is 16.4. The third kappa shape index (κ3) is 5.52. The van der Waals surface area contributed by atoms with E-state index in [2.05, 4.69) is 25.5 Å². The molecule has 1 atom stereocenters. The zero-order chi connectivity index (χ0) is 27.5. The van der Waals surface area contributed by atoms with Gasteiger partial charge in [-0.05, 0) is 49.2 Å². The van der Waals surface area contributed by atoms with Gasteiger partial charge in [-0.25, -0.2) is 0 Å². The summed E-state index contributed by atoms with van der Waals surface area (Å²) in [7, 11) is 0. The Hall–Kier alpha value is -4.71. The van der Waals surface area contributed by atoms with Crippen LogP contribution in [0.1, 0.15) is 33.6 Å². The molecule has 6 rings (SSSR count). The first-order valence-electron chi connectivity index (χ1n) is 13.4. The van der Waals surface area contributed by atoms with E-state index >= 15 is 0 Å². The number of nitrogens with zero attached hydrogens (tertiary/aromatic N) is 6. The molecule has 4 aromatic rings. The highest BCUT2D eigenvalue weighted by Gasteiger charge is 2.25. The van der Waals surface area contributed by atoms with Crippen molar-refractivity contribution in [3.8, 4) is 0 Å². The molecular formula is C28H31N9O3. The molecule has 2 amide bonds. The lowest BCUT2D eigenvalue weighted by atomic mass is 10.1. The van der Waals surface area contributed by atoms with Gasteiger partial charge in [0.15, 0.2) is 0 Å². The number of hydrogen-bond acceptors (Lipinski definition) is 9. The first kappa shape index (κ1) is 25.6. The molecule has 0 spiro atoms. The number of rotatable bonds is 6. The number of nitrogen functional groups attached to an aromatic ring is 1. The van der Waals surface area contributed by atoms with Crippen LogP contribution in [-0.4, -0.2) is 81.5 Å². The second-order valence-electron chi connectivity index (χ2n) is 9.91. The molecule has 206 valence electrons. The number of aromatic nitrogens is 4. The van der Waals surface area contributed by atoms with Gasteiger partial charge in [-0.3, -0.25) is 14.0 Å². The fourth-order valence-corrected chi connectivity index (χ4v) is 5.02. The van der Waals surface area contributed by atoms with Gasteiger partial charge in [0.1, 0.15) is 5.82 Å². The van der Waals surface area contributed by atoms with E-state index in [1.54, 1.807) is 39.8 Å². The van der Waals surface area contributed by atoms with E-state index in [-0.39, 0.29) is 17.9 Å². The Morgan fingerprint density at radius 2 is 1.70 bits per heavy atom. The third-order valence-corrected chi connectivity index (χ3v) is 7.10. The number of anilines is 4. The zero-order valence-electron chi connectivity index (χ0n) is 22.0. The fourth-order valence-electron chi connectivity index (χ4n) is 5.02. The molecule has 0 bridgehead atoms. The van der Waals surface area contributed by atoms with E-state index in [9.17, 15) is 9.59 Å². The van der Waals surface area contributed by atoms with Gasteiger partial charge < -0.3 is 30.9 Å². The Kier molecular flexibility index (Phi) is 7.15. The Morgan fingerprint density at radius 3 is 2.48 bits per heavy atom. The van der Waals surface area contributed by atoms with E-state index in [1.807, 2.05) is 30.3 Å². The lowest BCUT2D eigenvalue weighted by Crippen LogP contribution is -2.48. The molecule has 2 aromatic carbocycles. The summed E-state index contributed by atoms with van der Waals surface area (Å²) in [4.78, 5) is 43.2. The highest BCUT2D eigenvalue weighted by atomic mass is 16.5. The maximum Gasteiger partial charge on any atom is 0.254 e. The van der Waals surface area contributed by atoms with Crippen LogP contribution in [0.15, 0.2) is 60.8 Å². The molecule has 0 saturated carbocycles. The van der Waals surface area contributed by atoms with Crippen molar-refractivity contribution >= 4 is 41.0 Å². The number of carbonyl (C=O) groups is 2.